The summed E-state index contributed by atoms with van der Waals surface area (Å²) in [6, 6.07) is 164. The van der Waals surface area contributed by atoms with Crippen molar-refractivity contribution in [1.82, 2.24) is 0 Å². The normalized spacial score (nSPS) is 11.8. The molecule has 0 heterocycles. The molecule has 2 nitrogen and oxygen atoms in total. The number of aryl methyl sites for hydroxylation is 3. The van der Waals surface area contributed by atoms with Gasteiger partial charge in [-0.05, 0) is 317 Å². The van der Waals surface area contributed by atoms with Gasteiger partial charge in [-0.15, -0.1) is 0 Å². The van der Waals surface area contributed by atoms with Gasteiger partial charge in [0.15, 0.2) is 0 Å². The van der Waals surface area contributed by atoms with Crippen molar-refractivity contribution in [2.24, 2.45) is 11.8 Å². The van der Waals surface area contributed by atoms with Gasteiger partial charge in [-0.3, -0.25) is 0 Å². The van der Waals surface area contributed by atoms with Crippen LogP contribution in [0.25, 0.3) is 210 Å². The van der Waals surface area contributed by atoms with E-state index in [2.05, 4.69) is 512 Å². The molecular weight excluding hydrogens is 1760 g/mol. The lowest BCUT2D eigenvalue weighted by Gasteiger charge is -2.12. The molecular formula is C137H107BrO2. The van der Waals surface area contributed by atoms with E-state index in [9.17, 15) is 0 Å². The van der Waals surface area contributed by atoms with Crippen molar-refractivity contribution >= 4 is 182 Å². The number of hydrogen-bond acceptors (Lipinski definition) is 2. The topological polar surface area (TPSA) is 18.5 Å². The van der Waals surface area contributed by atoms with E-state index < -0.39 is 0 Å². The molecule has 0 radical (unpaired) electrons. The monoisotopic (exact) mass is 1860 g/mol. The highest BCUT2D eigenvalue weighted by atomic mass is 79.9. The van der Waals surface area contributed by atoms with Gasteiger partial charge in [0.2, 0.25) is 0 Å². The Balaban J connectivity index is 0.0000000991. The summed E-state index contributed by atoms with van der Waals surface area (Å²) in [5.74, 6) is 2.87. The van der Waals surface area contributed by atoms with E-state index in [1.807, 2.05) is 36.4 Å². The zero-order valence-corrected chi connectivity index (χ0v) is 81.1. The molecule has 4 aliphatic rings. The number of benzene rings is 24. The fourth-order valence-corrected chi connectivity index (χ4v) is 20.3. The van der Waals surface area contributed by atoms with Gasteiger partial charge in [0.1, 0.15) is 11.5 Å². The molecule has 674 valence electrons. The first-order valence-corrected chi connectivity index (χ1v) is 49.7. The SMILES string of the molecule is C1=Cc2c3ccccc3cc3cccc1c23.C1=Cc2ccc3c4c(ccc1c24)CC3.C1=Cc2cccc3cccc1c23.CC(C)COc1ccc(-c2ccc3ccc4ccc(-c5ccc(OCC(C)C)cc5)cc4c3c2)cc1.Cc1ccc2ccc3ccc(Br)cc3c2c1.c1ccc(-c2ccc3ccc4ccc(-c5ccccc5)cc4c3c2)cc1.c1ccc2c(c1)ccc1ccccc12.c1ccccc1. The van der Waals surface area contributed by atoms with Crippen molar-refractivity contribution in [3.63, 3.8) is 0 Å². The highest BCUT2D eigenvalue weighted by Crippen LogP contribution is 2.43. The molecule has 140 heavy (non-hydrogen) atoms. The number of rotatable bonds is 10. The summed E-state index contributed by atoms with van der Waals surface area (Å²) < 4.78 is 12.9. The number of halogens is 1. The predicted octanol–water partition coefficient (Wildman–Crippen LogP) is 38.7. The Labute approximate surface area is 828 Å². The Bertz CT molecular complexity index is 8350. The van der Waals surface area contributed by atoms with Crippen LogP contribution in [0.15, 0.2) is 466 Å². The molecule has 24 aromatic carbocycles. The number of ether oxygens (including phenoxy) is 2. The first-order chi connectivity index (χ1) is 68.8. The highest BCUT2D eigenvalue weighted by molar-refractivity contribution is 9.10. The van der Waals surface area contributed by atoms with Crippen molar-refractivity contribution < 1.29 is 9.47 Å². The summed E-state index contributed by atoms with van der Waals surface area (Å²) in [7, 11) is 0. The van der Waals surface area contributed by atoms with E-state index in [1.165, 1.54) is 220 Å². The first-order valence-electron chi connectivity index (χ1n) is 48.9. The fourth-order valence-electron chi connectivity index (χ4n) is 19.9. The maximum Gasteiger partial charge on any atom is 0.119 e. The standard InChI is InChI=1S/C34H34O2.C26H18.C16H10.C15H11Br.2C14H10.C12H8.C6H6/c1-23(2)21-35-31-15-11-25(12-16-31)29-9-7-27-5-6-28-8-10-30(20-34(28)33(27)19-29)26-13-17-32(18-14-26)36-22-24(3)4;1-3-7-19(8-4-1)23-15-13-21-11-12-22-14-16-24(18-26(22)25(21)17-23)20-9-5-2-6-10-20;1-2-7-14-12(4-1)10-13-6-3-5-11-8-9-15(14)16(11)13;1-10-2-3-11-4-5-12-6-7-13(16)9-15(12)14(11)8-10;1-2-10-7-8-12-4-3-11-6-5-9(1)13(10)14(11)12;1-3-7-13-11(5-1)9-10-12-6-2-4-8-14(12)13;1-3-9-4-2-6-11-8-7-10(5-1)12(9)11;1-2-4-6-5-3-1/h5-20,23-24H,21-22H2,1-4H3;1-18H;1-10H;2-9H,1H3;1-2,5-8H,3-4H2;1-10H;1-8H;1-6H. The average molecular weight is 1870 g/mol. The van der Waals surface area contributed by atoms with E-state index in [1.54, 1.807) is 16.5 Å². The van der Waals surface area contributed by atoms with Gasteiger partial charge in [-0.25, -0.2) is 0 Å². The zero-order valence-electron chi connectivity index (χ0n) is 79.5. The number of fused-ring (bicyclic) bond motifs is 14. The third kappa shape index (κ3) is 19.9. The Morgan fingerprint density at radius 1 is 0.207 bits per heavy atom. The molecule has 28 rings (SSSR count). The minimum Gasteiger partial charge on any atom is -0.493 e. The number of hydrogen-bond donors (Lipinski definition) is 0. The van der Waals surface area contributed by atoms with Crippen LogP contribution in [0.1, 0.15) is 77.8 Å². The van der Waals surface area contributed by atoms with Crippen molar-refractivity contribution in [2.45, 2.75) is 47.5 Å². The Morgan fingerprint density at radius 2 is 0.514 bits per heavy atom. The Morgan fingerprint density at radius 3 is 0.943 bits per heavy atom. The first kappa shape index (κ1) is 90.2. The maximum atomic E-state index is 5.86. The lowest BCUT2D eigenvalue weighted by Crippen LogP contribution is -2.04. The molecule has 24 aromatic rings. The summed E-state index contributed by atoms with van der Waals surface area (Å²) in [6.07, 6.45) is 15.7. The van der Waals surface area contributed by atoms with Crippen molar-refractivity contribution in [1.29, 1.82) is 0 Å². The fraction of sp³-hybridized carbons (Fsp3) is 0.0803. The molecule has 0 N–H and O–H groups in total. The average Bonchev–Trinajstić information content (AvgIpc) is 1.57. The Kier molecular flexibility index (Phi) is 26.6. The predicted molar refractivity (Wildman–Crippen MR) is 611 cm³/mol. The van der Waals surface area contributed by atoms with Gasteiger partial charge in [0, 0.05) is 4.47 Å². The van der Waals surface area contributed by atoms with E-state index in [0.717, 1.165) is 29.2 Å². The molecule has 0 unspecified atom stereocenters. The van der Waals surface area contributed by atoms with Crippen molar-refractivity contribution in [2.75, 3.05) is 13.2 Å². The van der Waals surface area contributed by atoms with Crippen LogP contribution in [0.5, 0.6) is 11.5 Å². The summed E-state index contributed by atoms with van der Waals surface area (Å²) in [5.41, 5.74) is 22.5. The van der Waals surface area contributed by atoms with Crippen LogP contribution in [0.2, 0.25) is 0 Å². The zero-order chi connectivity index (χ0) is 94.8. The quantitative estimate of drug-likeness (QED) is 0.100. The lowest BCUT2D eigenvalue weighted by atomic mass is 9.94. The second kappa shape index (κ2) is 41.3. The van der Waals surface area contributed by atoms with Crippen molar-refractivity contribution in [3.8, 4) is 56.0 Å². The van der Waals surface area contributed by atoms with Crippen LogP contribution >= 0.6 is 15.9 Å². The molecule has 0 saturated carbocycles. The van der Waals surface area contributed by atoms with Gasteiger partial charge >= 0.3 is 0 Å². The van der Waals surface area contributed by atoms with E-state index >= 15 is 0 Å². The van der Waals surface area contributed by atoms with Crippen LogP contribution in [-0.2, 0) is 12.8 Å². The summed E-state index contributed by atoms with van der Waals surface area (Å²) >= 11 is 3.54. The smallest absolute Gasteiger partial charge is 0.119 e. The van der Waals surface area contributed by atoms with E-state index in [0.29, 0.717) is 11.8 Å². The summed E-state index contributed by atoms with van der Waals surface area (Å²) in [5, 5.41) is 32.0. The second-order valence-electron chi connectivity index (χ2n) is 37.5. The minimum atomic E-state index is 0.513. The Hall–Kier alpha value is -16.3. The molecule has 0 spiro atoms. The van der Waals surface area contributed by atoms with Crippen LogP contribution < -0.4 is 9.47 Å². The van der Waals surface area contributed by atoms with Gasteiger partial charge < -0.3 is 9.47 Å². The van der Waals surface area contributed by atoms with Gasteiger partial charge in [0.05, 0.1) is 13.2 Å². The maximum absolute atomic E-state index is 5.86. The molecule has 0 amide bonds. The van der Waals surface area contributed by atoms with Gasteiger partial charge in [-0.2, -0.15) is 0 Å². The molecule has 3 heteroatoms. The third-order valence-electron chi connectivity index (χ3n) is 27.0. The van der Waals surface area contributed by atoms with Gasteiger partial charge in [0.25, 0.3) is 0 Å². The molecule has 0 aromatic heterocycles. The van der Waals surface area contributed by atoms with E-state index in [-0.39, 0.29) is 0 Å². The largest absolute Gasteiger partial charge is 0.493 e. The molecule has 0 saturated heterocycles. The van der Waals surface area contributed by atoms with Crippen LogP contribution in [0.4, 0.5) is 0 Å². The molecule has 4 aliphatic carbocycles. The second-order valence-corrected chi connectivity index (χ2v) is 38.4. The van der Waals surface area contributed by atoms with E-state index in [4.69, 9.17) is 9.47 Å². The lowest BCUT2D eigenvalue weighted by molar-refractivity contribution is 0.271. The molecule has 0 bridgehead atoms. The molecule has 0 fully saturated rings. The van der Waals surface area contributed by atoms with Gasteiger partial charge in [-0.1, -0.05) is 480 Å². The summed E-state index contributed by atoms with van der Waals surface area (Å²) in [4.78, 5) is 0. The summed E-state index contributed by atoms with van der Waals surface area (Å²) in [6.45, 7) is 12.3. The molecule has 0 atom stereocenters. The van der Waals surface area contributed by atoms with Crippen LogP contribution in [0, 0.1) is 18.8 Å². The van der Waals surface area contributed by atoms with Crippen LogP contribution in [0.3, 0.4) is 0 Å². The minimum absolute atomic E-state index is 0.513. The van der Waals surface area contributed by atoms with Crippen molar-refractivity contribution in [3.05, 3.63) is 516 Å². The van der Waals surface area contributed by atoms with Crippen LogP contribution in [-0.4, -0.2) is 13.2 Å². The third-order valence-corrected chi connectivity index (χ3v) is 27.5. The molecule has 0 aliphatic heterocycles. The highest BCUT2D eigenvalue weighted by Gasteiger charge is 2.21.